The average Bonchev–Trinajstić information content (AvgIpc) is 3.02. The Labute approximate surface area is 130 Å². The summed E-state index contributed by atoms with van der Waals surface area (Å²) in [5.41, 5.74) is 7.42. The number of nitrogens with two attached hydrogens (primary N) is 1. The first kappa shape index (κ1) is 14.5. The molecule has 0 aromatic heterocycles. The van der Waals surface area contributed by atoms with Crippen LogP contribution in [0, 0.1) is 5.41 Å². The molecule has 3 heteroatoms. The lowest BCUT2D eigenvalue weighted by Crippen LogP contribution is -2.63. The van der Waals surface area contributed by atoms with Gasteiger partial charge in [-0.1, -0.05) is 12.8 Å². The van der Waals surface area contributed by atoms with Gasteiger partial charge in [0.25, 0.3) is 0 Å². The van der Waals surface area contributed by atoms with Crippen molar-refractivity contribution in [2.24, 2.45) is 11.1 Å². The van der Waals surface area contributed by atoms with Gasteiger partial charge in [-0.25, -0.2) is 0 Å². The van der Waals surface area contributed by atoms with Gasteiger partial charge in [0.15, 0.2) is 0 Å². The quantitative estimate of drug-likeness (QED) is 0.849. The van der Waals surface area contributed by atoms with Crippen molar-refractivity contribution < 1.29 is 0 Å². The van der Waals surface area contributed by atoms with Gasteiger partial charge in [0.2, 0.25) is 0 Å². The van der Waals surface area contributed by atoms with Crippen molar-refractivity contribution in [3.05, 3.63) is 0 Å². The van der Waals surface area contributed by atoms with Crippen LogP contribution < -0.4 is 5.73 Å². The number of rotatable bonds is 2. The van der Waals surface area contributed by atoms with Crippen LogP contribution in [-0.4, -0.2) is 54.1 Å². The van der Waals surface area contributed by atoms with E-state index in [0.29, 0.717) is 5.54 Å². The second-order valence-electron chi connectivity index (χ2n) is 8.58. The smallest absolute Gasteiger partial charge is 0.0361 e. The van der Waals surface area contributed by atoms with E-state index in [9.17, 15) is 0 Å². The van der Waals surface area contributed by atoms with Gasteiger partial charge in [-0.05, 0) is 76.9 Å². The summed E-state index contributed by atoms with van der Waals surface area (Å²) in [5, 5.41) is 0. The summed E-state index contributed by atoms with van der Waals surface area (Å²) in [6.45, 7) is 3.52. The molecule has 3 saturated heterocycles. The van der Waals surface area contributed by atoms with Gasteiger partial charge in [0.1, 0.15) is 0 Å². The number of hydrogen-bond acceptors (Lipinski definition) is 3. The SMILES string of the molecule is CN1C2CCC1CC(CN)(N1CCC3(CCCC3)CC1)C2. The highest BCUT2D eigenvalue weighted by Gasteiger charge is 2.50. The van der Waals surface area contributed by atoms with Crippen LogP contribution in [0.2, 0.25) is 0 Å². The first-order valence-electron chi connectivity index (χ1n) is 9.34. The van der Waals surface area contributed by atoms with Crippen LogP contribution in [0.4, 0.5) is 0 Å². The van der Waals surface area contributed by atoms with Gasteiger partial charge < -0.3 is 10.6 Å². The molecule has 0 aromatic rings. The molecule has 1 saturated carbocycles. The van der Waals surface area contributed by atoms with E-state index in [4.69, 9.17) is 5.73 Å². The van der Waals surface area contributed by atoms with Gasteiger partial charge >= 0.3 is 0 Å². The Morgan fingerprint density at radius 1 is 0.952 bits per heavy atom. The minimum Gasteiger partial charge on any atom is -0.329 e. The molecular formula is C18H33N3. The van der Waals surface area contributed by atoms with Gasteiger partial charge in [-0.3, -0.25) is 4.90 Å². The fourth-order valence-corrected chi connectivity index (χ4v) is 6.18. The van der Waals surface area contributed by atoms with E-state index in [1.165, 1.54) is 77.3 Å². The van der Waals surface area contributed by atoms with Crippen LogP contribution in [0.15, 0.2) is 0 Å². The standard InChI is InChI=1S/C18H33N3/c1-20-15-4-5-16(20)13-18(12-15,14-19)21-10-8-17(9-11-21)6-2-3-7-17/h15-16H,2-14,19H2,1H3. The summed E-state index contributed by atoms with van der Waals surface area (Å²) in [7, 11) is 2.34. The summed E-state index contributed by atoms with van der Waals surface area (Å²) >= 11 is 0. The summed E-state index contributed by atoms with van der Waals surface area (Å²) < 4.78 is 0. The van der Waals surface area contributed by atoms with Crippen molar-refractivity contribution in [1.29, 1.82) is 0 Å². The number of nitrogens with zero attached hydrogens (tertiary/aromatic N) is 2. The predicted molar refractivity (Wildman–Crippen MR) is 87.3 cm³/mol. The first-order chi connectivity index (χ1) is 10.2. The van der Waals surface area contributed by atoms with Crippen LogP contribution in [0.1, 0.15) is 64.2 Å². The predicted octanol–water partition coefficient (Wildman–Crippen LogP) is 2.60. The maximum atomic E-state index is 6.35. The van der Waals surface area contributed by atoms with Crippen LogP contribution in [0.25, 0.3) is 0 Å². The van der Waals surface area contributed by atoms with Crippen LogP contribution in [0.5, 0.6) is 0 Å². The van der Waals surface area contributed by atoms with Crippen molar-refractivity contribution in [1.82, 2.24) is 9.80 Å². The second-order valence-corrected chi connectivity index (χ2v) is 8.58. The summed E-state index contributed by atoms with van der Waals surface area (Å²) in [4.78, 5) is 5.48. The molecule has 4 rings (SSSR count). The lowest BCUT2D eigenvalue weighted by atomic mass is 9.73. The van der Waals surface area contributed by atoms with Crippen molar-refractivity contribution in [3.63, 3.8) is 0 Å². The second kappa shape index (κ2) is 5.21. The largest absolute Gasteiger partial charge is 0.329 e. The van der Waals surface area contributed by atoms with E-state index in [1.54, 1.807) is 0 Å². The summed E-state index contributed by atoms with van der Waals surface area (Å²) in [5.74, 6) is 0. The molecule has 0 aromatic carbocycles. The Balaban J connectivity index is 1.47. The molecule has 4 aliphatic rings. The lowest BCUT2D eigenvalue weighted by molar-refractivity contribution is -0.0323. The van der Waals surface area contributed by atoms with Gasteiger partial charge in [0.05, 0.1) is 0 Å². The van der Waals surface area contributed by atoms with Crippen LogP contribution >= 0.6 is 0 Å². The van der Waals surface area contributed by atoms with Crippen LogP contribution in [0.3, 0.4) is 0 Å². The zero-order valence-corrected chi connectivity index (χ0v) is 13.8. The maximum Gasteiger partial charge on any atom is 0.0361 e. The third kappa shape index (κ3) is 2.27. The van der Waals surface area contributed by atoms with Crippen molar-refractivity contribution in [2.75, 3.05) is 26.7 Å². The Kier molecular flexibility index (Phi) is 3.59. The van der Waals surface area contributed by atoms with E-state index < -0.39 is 0 Å². The number of hydrogen-bond donors (Lipinski definition) is 1. The van der Waals surface area contributed by atoms with Crippen molar-refractivity contribution in [2.45, 2.75) is 81.8 Å². The van der Waals surface area contributed by atoms with E-state index in [2.05, 4.69) is 16.8 Å². The fraction of sp³-hybridized carbons (Fsp3) is 1.00. The van der Waals surface area contributed by atoms with E-state index >= 15 is 0 Å². The van der Waals surface area contributed by atoms with E-state index in [-0.39, 0.29) is 0 Å². The van der Waals surface area contributed by atoms with E-state index in [0.717, 1.165) is 24.0 Å². The number of likely N-dealkylation sites (tertiary alicyclic amines) is 1. The lowest BCUT2D eigenvalue weighted by Gasteiger charge is -2.54. The molecule has 2 N–H and O–H groups in total. The van der Waals surface area contributed by atoms with Gasteiger partial charge in [-0.15, -0.1) is 0 Å². The van der Waals surface area contributed by atoms with Crippen LogP contribution in [-0.2, 0) is 0 Å². The summed E-state index contributed by atoms with van der Waals surface area (Å²) in [6, 6.07) is 1.60. The molecular weight excluding hydrogens is 258 g/mol. The molecule has 2 unspecified atom stereocenters. The average molecular weight is 291 g/mol. The zero-order valence-electron chi connectivity index (χ0n) is 13.8. The number of fused-ring (bicyclic) bond motifs is 2. The first-order valence-corrected chi connectivity index (χ1v) is 9.34. The third-order valence-corrected chi connectivity index (χ3v) is 7.76. The molecule has 3 heterocycles. The maximum absolute atomic E-state index is 6.35. The molecule has 0 amide bonds. The molecule has 1 aliphatic carbocycles. The Hall–Kier alpha value is -0.120. The Bertz CT molecular complexity index is 364. The monoisotopic (exact) mass is 291 g/mol. The fourth-order valence-electron chi connectivity index (χ4n) is 6.18. The Morgan fingerprint density at radius 3 is 2.05 bits per heavy atom. The Morgan fingerprint density at radius 2 is 1.52 bits per heavy atom. The molecule has 3 nitrogen and oxygen atoms in total. The highest BCUT2D eigenvalue weighted by molar-refractivity contribution is 5.08. The number of piperidine rings is 2. The topological polar surface area (TPSA) is 32.5 Å². The molecule has 0 radical (unpaired) electrons. The molecule has 1 spiro atoms. The van der Waals surface area contributed by atoms with Gasteiger partial charge in [-0.2, -0.15) is 0 Å². The van der Waals surface area contributed by atoms with E-state index in [1.807, 2.05) is 0 Å². The molecule has 4 fully saturated rings. The minimum absolute atomic E-state index is 0.332. The molecule has 2 bridgehead atoms. The minimum atomic E-state index is 0.332. The third-order valence-electron chi connectivity index (χ3n) is 7.76. The van der Waals surface area contributed by atoms with Crippen molar-refractivity contribution >= 4 is 0 Å². The highest BCUT2D eigenvalue weighted by Crippen LogP contribution is 2.49. The van der Waals surface area contributed by atoms with Gasteiger partial charge in [0, 0.05) is 24.2 Å². The highest BCUT2D eigenvalue weighted by atomic mass is 15.3. The van der Waals surface area contributed by atoms with Crippen molar-refractivity contribution in [3.8, 4) is 0 Å². The zero-order chi connectivity index (χ0) is 14.5. The molecule has 3 aliphatic heterocycles. The normalized spacial score (nSPS) is 43.7. The molecule has 2 atom stereocenters. The molecule has 21 heavy (non-hydrogen) atoms. The summed E-state index contributed by atoms with van der Waals surface area (Å²) in [6.07, 6.45) is 14.3. The molecule has 120 valence electrons.